The molecule has 0 radical (unpaired) electrons. The highest BCUT2D eigenvalue weighted by Crippen LogP contribution is 2.31. The van der Waals surface area contributed by atoms with Crippen molar-refractivity contribution in [2.45, 2.75) is 0 Å². The van der Waals surface area contributed by atoms with E-state index >= 15 is 0 Å². The molecule has 0 aliphatic heterocycles. The van der Waals surface area contributed by atoms with Crippen LogP contribution in [0.5, 0.6) is 0 Å². The van der Waals surface area contributed by atoms with Gasteiger partial charge >= 0.3 is 5.97 Å². The summed E-state index contributed by atoms with van der Waals surface area (Å²) < 4.78 is 26.6. The molecule has 0 atom stereocenters. The molecule has 0 saturated carbocycles. The summed E-state index contributed by atoms with van der Waals surface area (Å²) >= 11 is 5.88. The highest BCUT2D eigenvalue weighted by Gasteiger charge is 2.12. The van der Waals surface area contributed by atoms with Crippen molar-refractivity contribution in [3.63, 3.8) is 0 Å². The number of halogens is 3. The lowest BCUT2D eigenvalue weighted by molar-refractivity contribution is 0.0697. The molecule has 0 aliphatic carbocycles. The van der Waals surface area contributed by atoms with Gasteiger partial charge in [-0.3, -0.25) is 0 Å². The summed E-state index contributed by atoms with van der Waals surface area (Å²) in [4.78, 5) is 10.7. The molecule has 5 heteroatoms. The van der Waals surface area contributed by atoms with E-state index in [1.165, 1.54) is 18.2 Å². The van der Waals surface area contributed by atoms with Gasteiger partial charge in [-0.25, -0.2) is 13.6 Å². The summed E-state index contributed by atoms with van der Waals surface area (Å²) in [6, 6.07) is 6.84. The van der Waals surface area contributed by atoms with Gasteiger partial charge in [0.1, 0.15) is 11.6 Å². The Balaban J connectivity index is 2.58. The molecule has 0 saturated heterocycles. The lowest BCUT2D eigenvalue weighted by Gasteiger charge is -2.07. The lowest BCUT2D eigenvalue weighted by Crippen LogP contribution is -1.96. The van der Waals surface area contributed by atoms with Gasteiger partial charge in [-0.1, -0.05) is 17.7 Å². The molecule has 0 fully saturated rings. The first kappa shape index (κ1) is 12.5. The van der Waals surface area contributed by atoms with E-state index in [0.717, 1.165) is 18.2 Å². The van der Waals surface area contributed by atoms with Gasteiger partial charge in [0.05, 0.1) is 5.56 Å². The van der Waals surface area contributed by atoms with Crippen molar-refractivity contribution in [3.8, 4) is 11.1 Å². The maximum Gasteiger partial charge on any atom is 0.335 e. The minimum atomic E-state index is -1.14. The zero-order chi connectivity index (χ0) is 13.3. The second-order valence-electron chi connectivity index (χ2n) is 3.62. The van der Waals surface area contributed by atoms with Crippen molar-refractivity contribution in [2.24, 2.45) is 0 Å². The zero-order valence-corrected chi connectivity index (χ0v) is 9.71. The summed E-state index contributed by atoms with van der Waals surface area (Å²) in [6.45, 7) is 0. The molecule has 0 heterocycles. The third-order valence-corrected chi connectivity index (χ3v) is 2.75. The van der Waals surface area contributed by atoms with Crippen molar-refractivity contribution >= 4 is 17.6 Å². The first-order valence-corrected chi connectivity index (χ1v) is 5.35. The van der Waals surface area contributed by atoms with Crippen LogP contribution in [0.25, 0.3) is 11.1 Å². The highest BCUT2D eigenvalue weighted by molar-refractivity contribution is 6.33. The number of carboxylic acids is 1. The van der Waals surface area contributed by atoms with Crippen molar-refractivity contribution < 1.29 is 18.7 Å². The van der Waals surface area contributed by atoms with Gasteiger partial charge in [0.15, 0.2) is 0 Å². The Morgan fingerprint density at radius 2 is 1.78 bits per heavy atom. The highest BCUT2D eigenvalue weighted by atomic mass is 35.5. The number of hydrogen-bond acceptors (Lipinski definition) is 1. The zero-order valence-electron chi connectivity index (χ0n) is 8.95. The number of carbonyl (C=O) groups is 1. The topological polar surface area (TPSA) is 37.3 Å². The van der Waals surface area contributed by atoms with Crippen molar-refractivity contribution in [1.29, 1.82) is 0 Å². The predicted molar refractivity (Wildman–Crippen MR) is 63.8 cm³/mol. The average Bonchev–Trinajstić information content (AvgIpc) is 2.32. The van der Waals surface area contributed by atoms with Crippen molar-refractivity contribution in [1.82, 2.24) is 0 Å². The number of rotatable bonds is 2. The minimum Gasteiger partial charge on any atom is -0.478 e. The van der Waals surface area contributed by atoms with E-state index in [1.807, 2.05) is 0 Å². The Hall–Kier alpha value is -1.94. The minimum absolute atomic E-state index is 0.00283. The van der Waals surface area contributed by atoms with Crippen LogP contribution in [-0.4, -0.2) is 11.1 Å². The van der Waals surface area contributed by atoms with Crippen LogP contribution in [0.4, 0.5) is 8.78 Å². The van der Waals surface area contributed by atoms with E-state index in [2.05, 4.69) is 0 Å². The third kappa shape index (κ3) is 2.33. The van der Waals surface area contributed by atoms with Crippen LogP contribution in [0.15, 0.2) is 36.4 Å². The molecule has 2 aromatic carbocycles. The number of hydrogen-bond donors (Lipinski definition) is 1. The first-order chi connectivity index (χ1) is 8.49. The van der Waals surface area contributed by atoms with Crippen LogP contribution in [0, 0.1) is 11.6 Å². The molecule has 0 bridgehead atoms. The second-order valence-corrected chi connectivity index (χ2v) is 4.03. The second kappa shape index (κ2) is 4.74. The summed E-state index contributed by atoms with van der Waals surface area (Å²) in [5, 5.41) is 8.83. The fourth-order valence-corrected chi connectivity index (χ4v) is 1.85. The molecule has 2 aromatic rings. The smallest absolute Gasteiger partial charge is 0.335 e. The molecule has 92 valence electrons. The van der Waals surface area contributed by atoms with Crippen LogP contribution >= 0.6 is 11.6 Å². The Kier molecular flexibility index (Phi) is 3.30. The molecular formula is C13H7ClF2O2. The number of benzene rings is 2. The SMILES string of the molecule is O=C(O)c1ccc(-c2cc(F)ccc2F)c(Cl)c1. The van der Waals surface area contributed by atoms with Gasteiger partial charge in [0.2, 0.25) is 0 Å². The number of aromatic carboxylic acids is 1. The van der Waals surface area contributed by atoms with Gasteiger partial charge in [-0.2, -0.15) is 0 Å². The Labute approximate surface area is 106 Å². The third-order valence-electron chi connectivity index (χ3n) is 2.43. The van der Waals surface area contributed by atoms with E-state index in [4.69, 9.17) is 16.7 Å². The Morgan fingerprint density at radius 3 is 2.39 bits per heavy atom. The predicted octanol–water partition coefficient (Wildman–Crippen LogP) is 3.98. The molecule has 0 unspecified atom stereocenters. The van der Waals surface area contributed by atoms with Crippen LogP contribution in [-0.2, 0) is 0 Å². The lowest BCUT2D eigenvalue weighted by atomic mass is 10.0. The Morgan fingerprint density at radius 1 is 1.06 bits per heavy atom. The van der Waals surface area contributed by atoms with E-state index in [9.17, 15) is 13.6 Å². The average molecular weight is 269 g/mol. The molecule has 0 amide bonds. The van der Waals surface area contributed by atoms with E-state index in [0.29, 0.717) is 0 Å². The van der Waals surface area contributed by atoms with Crippen LogP contribution in [0.2, 0.25) is 5.02 Å². The van der Waals surface area contributed by atoms with Crippen molar-refractivity contribution in [3.05, 3.63) is 58.6 Å². The molecule has 2 rings (SSSR count). The molecule has 0 aromatic heterocycles. The number of carboxylic acid groups (broad SMARTS) is 1. The van der Waals surface area contributed by atoms with E-state index in [1.54, 1.807) is 0 Å². The quantitative estimate of drug-likeness (QED) is 0.894. The van der Waals surface area contributed by atoms with E-state index < -0.39 is 17.6 Å². The maximum atomic E-state index is 13.6. The van der Waals surface area contributed by atoms with Gasteiger partial charge in [0, 0.05) is 16.1 Å². The fourth-order valence-electron chi connectivity index (χ4n) is 1.57. The van der Waals surface area contributed by atoms with Gasteiger partial charge in [0.25, 0.3) is 0 Å². The summed E-state index contributed by atoms with van der Waals surface area (Å²) in [5.74, 6) is -2.35. The first-order valence-electron chi connectivity index (χ1n) is 4.97. The fraction of sp³-hybridized carbons (Fsp3) is 0. The molecule has 0 aliphatic rings. The Bertz CT molecular complexity index is 626. The molecule has 1 N–H and O–H groups in total. The summed E-state index contributed by atoms with van der Waals surface area (Å²) in [7, 11) is 0. The maximum absolute atomic E-state index is 13.6. The monoisotopic (exact) mass is 268 g/mol. The largest absolute Gasteiger partial charge is 0.478 e. The summed E-state index contributed by atoms with van der Waals surface area (Å²) in [6.07, 6.45) is 0. The van der Waals surface area contributed by atoms with Gasteiger partial charge in [-0.05, 0) is 30.3 Å². The van der Waals surface area contributed by atoms with Crippen molar-refractivity contribution in [2.75, 3.05) is 0 Å². The molecular weight excluding hydrogens is 262 g/mol. The van der Waals surface area contributed by atoms with E-state index in [-0.39, 0.29) is 21.7 Å². The normalized spacial score (nSPS) is 10.4. The van der Waals surface area contributed by atoms with Gasteiger partial charge < -0.3 is 5.11 Å². The standard InChI is InChI=1S/C13H7ClF2O2/c14-11-5-7(13(17)18)1-3-9(11)10-6-8(15)2-4-12(10)16/h1-6H,(H,17,18). The molecule has 0 spiro atoms. The van der Waals surface area contributed by atoms with Crippen LogP contribution in [0.1, 0.15) is 10.4 Å². The van der Waals surface area contributed by atoms with Crippen LogP contribution < -0.4 is 0 Å². The van der Waals surface area contributed by atoms with Crippen LogP contribution in [0.3, 0.4) is 0 Å². The molecule has 2 nitrogen and oxygen atoms in total. The molecule has 18 heavy (non-hydrogen) atoms. The van der Waals surface area contributed by atoms with Gasteiger partial charge in [-0.15, -0.1) is 0 Å². The summed E-state index contributed by atoms with van der Waals surface area (Å²) in [5.41, 5.74) is 0.233.